The summed E-state index contributed by atoms with van der Waals surface area (Å²) in [6, 6.07) is 45.3. The molecular formula is C57H56N5O+. The number of rotatable bonds is 6. The molecular weight excluding hydrogens is 771 g/mol. The van der Waals surface area contributed by atoms with Gasteiger partial charge in [-0.25, -0.2) is 9.83 Å². The standard InChI is InChI=1S/C57H56N5O/c1-36-25-42(58-12)26-37(2)54(36)38-27-43(60-35-61(51-20-16-15-19-50(51)60)44-30-40(56(6,7)8)29-41(31-44)57(9,10)11)33-46(28-38)63-45-21-22-48-47-17-13-14-18-49(47)62(52(48)34-45)53-32-39(23-24-59-53)55(3,4)5/h13-35H,1-11H3/q+1. The molecule has 0 aliphatic heterocycles. The van der Waals surface area contributed by atoms with E-state index in [2.05, 4.69) is 216 Å². The van der Waals surface area contributed by atoms with Crippen molar-refractivity contribution in [1.29, 1.82) is 0 Å². The highest BCUT2D eigenvalue weighted by atomic mass is 16.5. The van der Waals surface area contributed by atoms with Crippen LogP contribution in [0.1, 0.15) is 90.1 Å². The third-order valence-corrected chi connectivity index (χ3v) is 12.4. The van der Waals surface area contributed by atoms with Crippen LogP contribution in [0.15, 0.2) is 140 Å². The zero-order valence-corrected chi connectivity index (χ0v) is 38.4. The second-order valence-electron chi connectivity index (χ2n) is 20.2. The molecule has 0 fully saturated rings. The SMILES string of the molecule is [C-]#[N+]c1cc(C)c(-c2cc(Oc3ccc4c5ccccc5n(-c5cc(C(C)(C)C)ccn5)c4c3)cc(-n3c[n+](-c4cc(C(C)(C)C)cc(C(C)(C)C)c4)c4ccccc43)c2)c(C)c1. The number of imidazole rings is 1. The molecule has 0 bridgehead atoms. The van der Waals surface area contributed by atoms with Crippen molar-refractivity contribution in [2.75, 3.05) is 0 Å². The molecule has 0 saturated heterocycles. The van der Waals surface area contributed by atoms with Crippen LogP contribution in [0, 0.1) is 20.4 Å². The molecule has 3 heterocycles. The van der Waals surface area contributed by atoms with Gasteiger partial charge in [0.2, 0.25) is 0 Å². The summed E-state index contributed by atoms with van der Waals surface area (Å²) in [7, 11) is 0. The number of hydrogen-bond acceptors (Lipinski definition) is 2. The van der Waals surface area contributed by atoms with Crippen LogP contribution in [0.3, 0.4) is 0 Å². The lowest BCUT2D eigenvalue weighted by Gasteiger charge is -2.25. The second kappa shape index (κ2) is 15.1. The molecule has 0 aliphatic carbocycles. The highest BCUT2D eigenvalue weighted by Gasteiger charge is 2.26. The summed E-state index contributed by atoms with van der Waals surface area (Å²) in [5, 5.41) is 2.30. The summed E-state index contributed by atoms with van der Waals surface area (Å²) in [6.45, 7) is 32.3. The van der Waals surface area contributed by atoms with Gasteiger partial charge in [-0.1, -0.05) is 122 Å². The van der Waals surface area contributed by atoms with Crippen LogP contribution in [0.25, 0.3) is 66.0 Å². The normalized spacial score (nSPS) is 12.3. The van der Waals surface area contributed by atoms with E-state index in [1.807, 2.05) is 18.3 Å². The van der Waals surface area contributed by atoms with E-state index in [1.54, 1.807) is 0 Å². The number of benzene rings is 6. The molecule has 0 N–H and O–H groups in total. The molecule has 3 aromatic heterocycles. The van der Waals surface area contributed by atoms with Crippen LogP contribution in [0.4, 0.5) is 5.69 Å². The van der Waals surface area contributed by atoms with Crippen molar-refractivity contribution in [3.05, 3.63) is 179 Å². The Morgan fingerprint density at radius 2 is 1.22 bits per heavy atom. The number of fused-ring (bicyclic) bond motifs is 4. The first kappa shape index (κ1) is 41.4. The molecule has 0 aliphatic rings. The van der Waals surface area contributed by atoms with Gasteiger partial charge < -0.3 is 4.74 Å². The second-order valence-corrected chi connectivity index (χ2v) is 20.2. The minimum atomic E-state index is -0.0312. The monoisotopic (exact) mass is 826 g/mol. The van der Waals surface area contributed by atoms with E-state index in [1.165, 1.54) is 16.7 Å². The number of ether oxygens (including phenoxy) is 1. The topological polar surface area (TPSA) is 40.2 Å². The minimum absolute atomic E-state index is 0.0294. The molecule has 314 valence electrons. The number of para-hydroxylation sites is 3. The Morgan fingerprint density at radius 1 is 0.587 bits per heavy atom. The number of hydrogen-bond donors (Lipinski definition) is 0. The van der Waals surface area contributed by atoms with Crippen molar-refractivity contribution in [3.8, 4) is 39.8 Å². The summed E-state index contributed by atoms with van der Waals surface area (Å²) in [6.07, 6.45) is 4.13. The average molecular weight is 827 g/mol. The fraction of sp³-hybridized carbons (Fsp3) is 0.246. The number of aryl methyl sites for hydroxylation is 2. The smallest absolute Gasteiger partial charge is 0.255 e. The Hall–Kier alpha value is -6.97. The fourth-order valence-corrected chi connectivity index (χ4v) is 8.93. The quantitative estimate of drug-likeness (QED) is 0.124. The fourth-order valence-electron chi connectivity index (χ4n) is 8.93. The van der Waals surface area contributed by atoms with Gasteiger partial charge in [0.05, 0.1) is 17.6 Å². The van der Waals surface area contributed by atoms with E-state index in [0.29, 0.717) is 11.4 Å². The number of aromatic nitrogens is 4. The van der Waals surface area contributed by atoms with Crippen LogP contribution >= 0.6 is 0 Å². The molecule has 0 radical (unpaired) electrons. The largest absolute Gasteiger partial charge is 0.457 e. The maximum atomic E-state index is 7.76. The van der Waals surface area contributed by atoms with E-state index in [4.69, 9.17) is 16.3 Å². The Balaban J connectivity index is 1.24. The molecule has 63 heavy (non-hydrogen) atoms. The van der Waals surface area contributed by atoms with Gasteiger partial charge >= 0.3 is 0 Å². The van der Waals surface area contributed by atoms with Gasteiger partial charge in [-0.3, -0.25) is 4.57 Å². The van der Waals surface area contributed by atoms with Crippen molar-refractivity contribution < 1.29 is 9.30 Å². The maximum Gasteiger partial charge on any atom is 0.255 e. The van der Waals surface area contributed by atoms with Gasteiger partial charge in [0.1, 0.15) is 28.7 Å². The first-order valence-electron chi connectivity index (χ1n) is 21.9. The summed E-state index contributed by atoms with van der Waals surface area (Å²) in [5.41, 5.74) is 14.9. The summed E-state index contributed by atoms with van der Waals surface area (Å²) < 4.78 is 13.9. The van der Waals surface area contributed by atoms with Crippen molar-refractivity contribution in [1.82, 2.24) is 14.1 Å². The number of nitrogens with zero attached hydrogens (tertiary/aromatic N) is 5. The summed E-state index contributed by atoms with van der Waals surface area (Å²) in [4.78, 5) is 8.68. The zero-order valence-electron chi connectivity index (χ0n) is 38.4. The molecule has 9 rings (SSSR count). The predicted octanol–water partition coefficient (Wildman–Crippen LogP) is 14.9. The Bertz CT molecular complexity index is 3240. The Kier molecular flexibility index (Phi) is 9.94. The van der Waals surface area contributed by atoms with E-state index in [9.17, 15) is 0 Å². The van der Waals surface area contributed by atoms with E-state index >= 15 is 0 Å². The van der Waals surface area contributed by atoms with Crippen LogP contribution in [-0.2, 0) is 16.2 Å². The first-order valence-corrected chi connectivity index (χ1v) is 21.9. The summed E-state index contributed by atoms with van der Waals surface area (Å²) in [5.74, 6) is 2.30. The molecule has 6 heteroatoms. The third-order valence-electron chi connectivity index (χ3n) is 12.4. The zero-order chi connectivity index (χ0) is 44.6. The van der Waals surface area contributed by atoms with Gasteiger partial charge in [-0.05, 0) is 125 Å². The van der Waals surface area contributed by atoms with Crippen molar-refractivity contribution in [2.45, 2.75) is 92.4 Å². The number of pyridine rings is 1. The molecule has 0 unspecified atom stereocenters. The van der Waals surface area contributed by atoms with Crippen molar-refractivity contribution >= 4 is 38.5 Å². The Labute approximate surface area is 371 Å². The maximum absolute atomic E-state index is 7.76. The highest BCUT2D eigenvalue weighted by molar-refractivity contribution is 6.09. The Morgan fingerprint density at radius 3 is 1.89 bits per heavy atom. The van der Waals surface area contributed by atoms with E-state index in [0.717, 1.165) is 78.0 Å². The molecule has 0 spiro atoms. The molecule has 6 nitrogen and oxygen atoms in total. The lowest BCUT2D eigenvalue weighted by molar-refractivity contribution is -0.567. The van der Waals surface area contributed by atoms with E-state index < -0.39 is 0 Å². The predicted molar refractivity (Wildman–Crippen MR) is 261 cm³/mol. The lowest BCUT2D eigenvalue weighted by Crippen LogP contribution is -2.31. The third kappa shape index (κ3) is 7.67. The molecule has 0 amide bonds. The van der Waals surface area contributed by atoms with Crippen LogP contribution in [-0.4, -0.2) is 14.1 Å². The van der Waals surface area contributed by atoms with Gasteiger partial charge in [-0.15, -0.1) is 0 Å². The molecule has 9 aromatic rings. The minimum Gasteiger partial charge on any atom is -0.457 e. The van der Waals surface area contributed by atoms with Crippen LogP contribution < -0.4 is 9.30 Å². The van der Waals surface area contributed by atoms with Gasteiger partial charge in [-0.2, -0.15) is 9.13 Å². The average Bonchev–Trinajstić information content (AvgIpc) is 3.78. The molecule has 0 saturated carbocycles. The van der Waals surface area contributed by atoms with Crippen molar-refractivity contribution in [2.24, 2.45) is 0 Å². The van der Waals surface area contributed by atoms with Crippen LogP contribution in [0.5, 0.6) is 11.5 Å². The van der Waals surface area contributed by atoms with E-state index in [-0.39, 0.29) is 16.2 Å². The first-order chi connectivity index (χ1) is 29.9. The molecule has 6 aromatic carbocycles. The highest BCUT2D eigenvalue weighted by Crippen LogP contribution is 2.40. The van der Waals surface area contributed by atoms with Gasteiger partial charge in [0.15, 0.2) is 16.7 Å². The van der Waals surface area contributed by atoms with Gasteiger partial charge in [0.25, 0.3) is 6.33 Å². The van der Waals surface area contributed by atoms with Crippen molar-refractivity contribution in [3.63, 3.8) is 0 Å². The van der Waals surface area contributed by atoms with Crippen LogP contribution in [0.2, 0.25) is 0 Å². The lowest BCUT2D eigenvalue weighted by atomic mass is 9.80. The summed E-state index contributed by atoms with van der Waals surface area (Å²) >= 11 is 0. The molecule has 0 atom stereocenters. The van der Waals surface area contributed by atoms with Gasteiger partial charge in [0, 0.05) is 29.1 Å².